The van der Waals surface area contributed by atoms with Crippen LogP contribution in [0.5, 0.6) is 11.5 Å². The molecule has 2 aromatic rings. The van der Waals surface area contributed by atoms with E-state index in [1.54, 1.807) is 0 Å². The summed E-state index contributed by atoms with van der Waals surface area (Å²) in [5.74, 6) is 1.55. The lowest BCUT2D eigenvalue weighted by molar-refractivity contribution is -0.122. The van der Waals surface area contributed by atoms with Gasteiger partial charge in [0.25, 0.3) is 0 Å². The summed E-state index contributed by atoms with van der Waals surface area (Å²) in [6, 6.07) is 14.3. The number of nitrogens with one attached hydrogen (secondary N) is 1. The van der Waals surface area contributed by atoms with Gasteiger partial charge in [-0.1, -0.05) is 30.3 Å². The molecule has 4 rings (SSSR count). The normalized spacial score (nSPS) is 16.1. The maximum absolute atomic E-state index is 12.3. The Hall–Kier alpha value is -2.61. The molecule has 0 saturated carbocycles. The second kappa shape index (κ2) is 9.93. The Morgan fingerprint density at radius 3 is 2.50 bits per heavy atom. The van der Waals surface area contributed by atoms with Crippen molar-refractivity contribution in [2.75, 3.05) is 46.7 Å². The third-order valence-corrected chi connectivity index (χ3v) is 5.33. The predicted molar refractivity (Wildman–Crippen MR) is 113 cm³/mol. The molecule has 0 radical (unpaired) electrons. The van der Waals surface area contributed by atoms with Gasteiger partial charge in [0.05, 0.1) is 19.8 Å². The summed E-state index contributed by atoms with van der Waals surface area (Å²) in [7, 11) is 1.94. The monoisotopic (exact) mass is 411 g/mol. The van der Waals surface area contributed by atoms with Crippen molar-refractivity contribution in [1.82, 2.24) is 15.1 Å². The van der Waals surface area contributed by atoms with Crippen molar-refractivity contribution in [3.05, 3.63) is 59.2 Å². The minimum atomic E-state index is 0.00985. The van der Waals surface area contributed by atoms with Gasteiger partial charge in [-0.2, -0.15) is 0 Å². The molecule has 2 aliphatic heterocycles. The lowest BCUT2D eigenvalue weighted by Gasteiger charge is -2.26. The van der Waals surface area contributed by atoms with Crippen LogP contribution in [0, 0.1) is 0 Å². The lowest BCUT2D eigenvalue weighted by atomic mass is 10.1. The third-order valence-electron chi connectivity index (χ3n) is 5.33. The van der Waals surface area contributed by atoms with Crippen LogP contribution in [0.1, 0.15) is 16.7 Å². The van der Waals surface area contributed by atoms with E-state index >= 15 is 0 Å². The first kappa shape index (κ1) is 20.7. The topological polar surface area (TPSA) is 63.3 Å². The number of likely N-dealkylation sites (N-methyl/N-ethyl adjacent to an activating group) is 1. The fourth-order valence-corrected chi connectivity index (χ4v) is 3.69. The van der Waals surface area contributed by atoms with E-state index in [1.165, 1.54) is 5.56 Å². The van der Waals surface area contributed by atoms with Gasteiger partial charge in [0.2, 0.25) is 12.7 Å². The lowest BCUT2D eigenvalue weighted by Crippen LogP contribution is -2.35. The highest BCUT2D eigenvalue weighted by Gasteiger charge is 2.15. The van der Waals surface area contributed by atoms with Crippen LogP contribution in [0.4, 0.5) is 0 Å². The maximum Gasteiger partial charge on any atom is 0.234 e. The summed E-state index contributed by atoms with van der Waals surface area (Å²) in [5.41, 5.74) is 3.48. The molecule has 0 unspecified atom stereocenters. The molecular formula is C23H29N3O4. The van der Waals surface area contributed by atoms with E-state index in [0.717, 1.165) is 55.5 Å². The largest absolute Gasteiger partial charge is 0.454 e. The number of hydrogen-bond acceptors (Lipinski definition) is 6. The van der Waals surface area contributed by atoms with Crippen LogP contribution >= 0.6 is 0 Å². The molecule has 7 nitrogen and oxygen atoms in total. The molecule has 0 atom stereocenters. The number of amides is 1. The number of ether oxygens (including phenoxy) is 3. The predicted octanol–water partition coefficient (Wildman–Crippen LogP) is 2.00. The van der Waals surface area contributed by atoms with Crippen LogP contribution in [0.15, 0.2) is 42.5 Å². The van der Waals surface area contributed by atoms with Gasteiger partial charge < -0.3 is 19.5 Å². The smallest absolute Gasteiger partial charge is 0.234 e. The van der Waals surface area contributed by atoms with Crippen LogP contribution < -0.4 is 14.8 Å². The van der Waals surface area contributed by atoms with E-state index in [-0.39, 0.29) is 12.7 Å². The van der Waals surface area contributed by atoms with Crippen molar-refractivity contribution in [2.24, 2.45) is 0 Å². The van der Waals surface area contributed by atoms with E-state index in [9.17, 15) is 4.79 Å². The highest BCUT2D eigenvalue weighted by molar-refractivity contribution is 5.77. The molecule has 7 heteroatoms. The van der Waals surface area contributed by atoms with Gasteiger partial charge in [0.15, 0.2) is 11.5 Å². The molecule has 2 aliphatic rings. The first-order chi connectivity index (χ1) is 14.7. The average molecular weight is 412 g/mol. The van der Waals surface area contributed by atoms with E-state index in [4.69, 9.17) is 14.2 Å². The molecule has 0 aliphatic carbocycles. The molecule has 1 N–H and O–H groups in total. The second-order valence-electron chi connectivity index (χ2n) is 7.84. The highest BCUT2D eigenvalue weighted by atomic mass is 16.7. The Labute approximate surface area is 177 Å². The number of hydrogen-bond donors (Lipinski definition) is 1. The number of carbonyl (C=O) groups is 1. The zero-order valence-corrected chi connectivity index (χ0v) is 17.4. The molecule has 1 saturated heterocycles. The van der Waals surface area contributed by atoms with Gasteiger partial charge in [0.1, 0.15) is 0 Å². The summed E-state index contributed by atoms with van der Waals surface area (Å²) in [4.78, 5) is 16.7. The fraction of sp³-hybridized carbons (Fsp3) is 0.435. The van der Waals surface area contributed by atoms with Crippen molar-refractivity contribution in [3.63, 3.8) is 0 Å². The number of morpholine rings is 1. The van der Waals surface area contributed by atoms with Gasteiger partial charge in [0, 0.05) is 32.7 Å². The van der Waals surface area contributed by atoms with Gasteiger partial charge >= 0.3 is 0 Å². The number of fused-ring (bicyclic) bond motifs is 1. The first-order valence-corrected chi connectivity index (χ1v) is 10.4. The molecule has 0 aromatic heterocycles. The van der Waals surface area contributed by atoms with Gasteiger partial charge in [-0.05, 0) is 35.9 Å². The Kier molecular flexibility index (Phi) is 6.84. The standard InChI is InChI=1S/C23H29N3O4/c1-25(14-20-6-7-21-22(12-20)30-17-29-21)16-23(27)24-13-18-2-4-19(5-3-18)15-26-8-10-28-11-9-26/h2-7,12H,8-11,13-17H2,1H3,(H,24,27). The second-order valence-corrected chi connectivity index (χ2v) is 7.84. The van der Waals surface area contributed by atoms with E-state index in [2.05, 4.69) is 34.5 Å². The highest BCUT2D eigenvalue weighted by Crippen LogP contribution is 2.32. The maximum atomic E-state index is 12.3. The van der Waals surface area contributed by atoms with E-state index < -0.39 is 0 Å². The number of carbonyl (C=O) groups excluding carboxylic acids is 1. The SMILES string of the molecule is CN(CC(=O)NCc1ccc(CN2CCOCC2)cc1)Cc1ccc2c(c1)OCO2. The Bertz CT molecular complexity index is 850. The number of benzene rings is 2. The number of rotatable bonds is 8. The summed E-state index contributed by atoms with van der Waals surface area (Å²) in [6.45, 7) is 6.35. The molecular weight excluding hydrogens is 382 g/mol. The van der Waals surface area contributed by atoms with Crippen LogP contribution in [-0.4, -0.2) is 62.4 Å². The summed E-state index contributed by atoms with van der Waals surface area (Å²) >= 11 is 0. The molecule has 30 heavy (non-hydrogen) atoms. The van der Waals surface area contributed by atoms with Crippen molar-refractivity contribution >= 4 is 5.91 Å². The van der Waals surface area contributed by atoms with E-state index in [0.29, 0.717) is 19.6 Å². The zero-order valence-electron chi connectivity index (χ0n) is 17.4. The van der Waals surface area contributed by atoms with Crippen molar-refractivity contribution < 1.29 is 19.0 Å². The average Bonchev–Trinajstić information content (AvgIpc) is 3.22. The molecule has 2 aromatic carbocycles. The quantitative estimate of drug-likeness (QED) is 0.717. The molecule has 0 spiro atoms. The van der Waals surface area contributed by atoms with Crippen molar-refractivity contribution in [1.29, 1.82) is 0 Å². The summed E-state index contributed by atoms with van der Waals surface area (Å²) < 4.78 is 16.1. The molecule has 1 amide bonds. The minimum absolute atomic E-state index is 0.00985. The van der Waals surface area contributed by atoms with Gasteiger partial charge in [-0.3, -0.25) is 14.6 Å². The Balaban J connectivity index is 1.19. The molecule has 2 heterocycles. The Morgan fingerprint density at radius 1 is 1.00 bits per heavy atom. The van der Waals surface area contributed by atoms with Gasteiger partial charge in [-0.15, -0.1) is 0 Å². The number of nitrogens with zero attached hydrogens (tertiary/aromatic N) is 2. The fourth-order valence-electron chi connectivity index (χ4n) is 3.69. The van der Waals surface area contributed by atoms with Crippen molar-refractivity contribution in [2.45, 2.75) is 19.6 Å². The summed E-state index contributed by atoms with van der Waals surface area (Å²) in [6.07, 6.45) is 0. The van der Waals surface area contributed by atoms with Crippen LogP contribution in [0.25, 0.3) is 0 Å². The van der Waals surface area contributed by atoms with Crippen LogP contribution in [0.3, 0.4) is 0 Å². The minimum Gasteiger partial charge on any atom is -0.454 e. The summed E-state index contributed by atoms with van der Waals surface area (Å²) in [5, 5.41) is 3.01. The molecule has 160 valence electrons. The molecule has 0 bridgehead atoms. The zero-order chi connectivity index (χ0) is 20.8. The van der Waals surface area contributed by atoms with Crippen molar-refractivity contribution in [3.8, 4) is 11.5 Å². The third kappa shape index (κ3) is 5.72. The van der Waals surface area contributed by atoms with Crippen LogP contribution in [0.2, 0.25) is 0 Å². The van der Waals surface area contributed by atoms with Gasteiger partial charge in [-0.25, -0.2) is 0 Å². The van der Waals surface area contributed by atoms with E-state index in [1.807, 2.05) is 30.1 Å². The van der Waals surface area contributed by atoms with Crippen LogP contribution in [-0.2, 0) is 29.2 Å². The first-order valence-electron chi connectivity index (χ1n) is 10.4. The molecule has 1 fully saturated rings. The Morgan fingerprint density at radius 2 is 1.70 bits per heavy atom.